The van der Waals surface area contributed by atoms with E-state index in [1.165, 1.54) is 50.1 Å². The highest BCUT2D eigenvalue weighted by atomic mass is 15.0. The van der Waals surface area contributed by atoms with Crippen molar-refractivity contribution in [1.82, 2.24) is 4.57 Å². The summed E-state index contributed by atoms with van der Waals surface area (Å²) >= 11 is 0. The first-order valence-corrected chi connectivity index (χ1v) is 9.68. The first kappa shape index (κ1) is 16.1. The second-order valence-electron chi connectivity index (χ2n) is 7.52. The molecule has 0 radical (unpaired) electrons. The molecule has 5 rings (SSSR count). The zero-order valence-corrected chi connectivity index (χ0v) is 15.9. The lowest BCUT2D eigenvalue weighted by molar-refractivity contribution is 0.980. The van der Waals surface area contributed by atoms with Gasteiger partial charge in [0.05, 0.1) is 11.2 Å². The van der Waals surface area contributed by atoms with E-state index in [9.17, 15) is 0 Å². The molecule has 0 N–H and O–H groups in total. The third-order valence-electron chi connectivity index (χ3n) is 5.87. The van der Waals surface area contributed by atoms with Gasteiger partial charge in [0.1, 0.15) is 0 Å². The zero-order chi connectivity index (χ0) is 18.4. The number of hydrogen-bond donors (Lipinski definition) is 0. The SMILES string of the molecule is Cc1ccc(C2=Cc3c(c4ccccc4n3-c3ccccc3)CC2)cc1C. The maximum atomic E-state index is 2.42. The second kappa shape index (κ2) is 6.28. The van der Waals surface area contributed by atoms with Crippen LogP contribution in [0, 0.1) is 13.8 Å². The molecule has 1 heteroatoms. The van der Waals surface area contributed by atoms with E-state index in [1.807, 2.05) is 0 Å². The van der Waals surface area contributed by atoms with Crippen LogP contribution in [0.1, 0.15) is 34.4 Å². The minimum Gasteiger partial charge on any atom is -0.310 e. The standard InChI is InChI=1S/C26H23N/c1-18-12-13-20(16-19(18)2)21-14-15-24-23-10-6-7-11-25(23)27(26(24)17-21)22-8-4-3-5-9-22/h3-13,16-17H,14-15H2,1-2H3. The summed E-state index contributed by atoms with van der Waals surface area (Å²) in [4.78, 5) is 0. The predicted molar refractivity (Wildman–Crippen MR) is 115 cm³/mol. The first-order valence-electron chi connectivity index (χ1n) is 9.68. The van der Waals surface area contributed by atoms with Gasteiger partial charge in [-0.1, -0.05) is 54.6 Å². The van der Waals surface area contributed by atoms with Gasteiger partial charge in [-0.2, -0.15) is 0 Å². The van der Waals surface area contributed by atoms with Gasteiger partial charge >= 0.3 is 0 Å². The van der Waals surface area contributed by atoms with Crippen molar-refractivity contribution in [1.29, 1.82) is 0 Å². The topological polar surface area (TPSA) is 4.93 Å². The minimum absolute atomic E-state index is 1.09. The molecule has 0 spiro atoms. The number of rotatable bonds is 2. The number of aryl methyl sites for hydroxylation is 3. The Morgan fingerprint density at radius 3 is 2.33 bits per heavy atom. The maximum absolute atomic E-state index is 2.42. The van der Waals surface area contributed by atoms with E-state index in [4.69, 9.17) is 0 Å². The van der Waals surface area contributed by atoms with Gasteiger partial charge in [0.15, 0.2) is 0 Å². The van der Waals surface area contributed by atoms with Crippen molar-refractivity contribution in [3.63, 3.8) is 0 Å². The molecule has 132 valence electrons. The summed E-state index contributed by atoms with van der Waals surface area (Å²) in [6.07, 6.45) is 4.60. The molecule has 1 heterocycles. The molecular formula is C26H23N. The zero-order valence-electron chi connectivity index (χ0n) is 15.9. The van der Waals surface area contributed by atoms with E-state index in [2.05, 4.69) is 97.3 Å². The van der Waals surface area contributed by atoms with Crippen LogP contribution in [-0.2, 0) is 6.42 Å². The Hall–Kier alpha value is -3.06. The molecule has 1 nitrogen and oxygen atoms in total. The number of nitrogens with zero attached hydrogens (tertiary/aromatic N) is 1. The Morgan fingerprint density at radius 2 is 1.52 bits per heavy atom. The summed E-state index contributed by atoms with van der Waals surface area (Å²) < 4.78 is 2.42. The molecule has 1 aromatic heterocycles. The molecule has 0 saturated heterocycles. The average molecular weight is 349 g/mol. The number of para-hydroxylation sites is 2. The third kappa shape index (κ3) is 2.62. The molecule has 0 aliphatic heterocycles. The van der Waals surface area contributed by atoms with Crippen LogP contribution in [0.25, 0.3) is 28.2 Å². The van der Waals surface area contributed by atoms with Crippen molar-refractivity contribution in [3.05, 3.63) is 101 Å². The van der Waals surface area contributed by atoms with Crippen molar-refractivity contribution >= 4 is 22.6 Å². The van der Waals surface area contributed by atoms with Gasteiger partial charge in [0.2, 0.25) is 0 Å². The first-order chi connectivity index (χ1) is 13.2. The largest absolute Gasteiger partial charge is 0.310 e. The van der Waals surface area contributed by atoms with Gasteiger partial charge in [-0.15, -0.1) is 0 Å². The van der Waals surface area contributed by atoms with Gasteiger partial charge in [-0.25, -0.2) is 0 Å². The monoisotopic (exact) mass is 349 g/mol. The lowest BCUT2D eigenvalue weighted by Gasteiger charge is -2.18. The van der Waals surface area contributed by atoms with Crippen LogP contribution < -0.4 is 0 Å². The van der Waals surface area contributed by atoms with Gasteiger partial charge in [0, 0.05) is 11.1 Å². The fourth-order valence-corrected chi connectivity index (χ4v) is 4.26. The van der Waals surface area contributed by atoms with Crippen molar-refractivity contribution < 1.29 is 0 Å². The van der Waals surface area contributed by atoms with Crippen molar-refractivity contribution in [2.75, 3.05) is 0 Å². The van der Waals surface area contributed by atoms with E-state index in [0.717, 1.165) is 12.8 Å². The van der Waals surface area contributed by atoms with E-state index < -0.39 is 0 Å². The van der Waals surface area contributed by atoms with Crippen molar-refractivity contribution in [3.8, 4) is 5.69 Å². The molecular weight excluding hydrogens is 326 g/mol. The van der Waals surface area contributed by atoms with Crippen LogP contribution in [0.4, 0.5) is 0 Å². The van der Waals surface area contributed by atoms with Crippen molar-refractivity contribution in [2.45, 2.75) is 26.7 Å². The molecule has 4 aromatic rings. The number of hydrogen-bond acceptors (Lipinski definition) is 0. The van der Waals surface area contributed by atoms with Gasteiger partial charge in [-0.05, 0) is 78.8 Å². The number of benzene rings is 3. The van der Waals surface area contributed by atoms with Gasteiger partial charge in [0.25, 0.3) is 0 Å². The van der Waals surface area contributed by atoms with Crippen molar-refractivity contribution in [2.24, 2.45) is 0 Å². The summed E-state index contributed by atoms with van der Waals surface area (Å²) in [5.74, 6) is 0. The van der Waals surface area contributed by atoms with Crippen LogP contribution in [-0.4, -0.2) is 4.57 Å². The van der Waals surface area contributed by atoms with Crippen LogP contribution in [0.15, 0.2) is 72.8 Å². The van der Waals surface area contributed by atoms with E-state index in [-0.39, 0.29) is 0 Å². The number of aromatic nitrogens is 1. The smallest absolute Gasteiger partial charge is 0.0537 e. The van der Waals surface area contributed by atoms with Gasteiger partial charge in [-0.3, -0.25) is 0 Å². The third-order valence-corrected chi connectivity index (χ3v) is 5.87. The lowest BCUT2D eigenvalue weighted by atomic mass is 9.90. The van der Waals surface area contributed by atoms with Crippen LogP contribution >= 0.6 is 0 Å². The Kier molecular flexibility index (Phi) is 3.75. The summed E-state index contributed by atoms with van der Waals surface area (Å²) in [7, 11) is 0. The molecule has 0 bridgehead atoms. The highest BCUT2D eigenvalue weighted by Gasteiger charge is 2.21. The molecule has 0 amide bonds. The second-order valence-corrected chi connectivity index (χ2v) is 7.52. The average Bonchev–Trinajstić information content (AvgIpc) is 3.04. The highest BCUT2D eigenvalue weighted by molar-refractivity contribution is 5.95. The fraction of sp³-hybridized carbons (Fsp3) is 0.154. The van der Waals surface area contributed by atoms with E-state index in [0.29, 0.717) is 0 Å². The van der Waals surface area contributed by atoms with E-state index >= 15 is 0 Å². The Balaban J connectivity index is 1.76. The molecule has 3 aromatic carbocycles. The summed E-state index contributed by atoms with van der Waals surface area (Å²) in [5, 5.41) is 1.38. The Morgan fingerprint density at radius 1 is 0.741 bits per heavy atom. The fourth-order valence-electron chi connectivity index (χ4n) is 4.26. The summed E-state index contributed by atoms with van der Waals surface area (Å²) in [5.41, 5.74) is 10.8. The number of allylic oxidation sites excluding steroid dienone is 1. The predicted octanol–water partition coefficient (Wildman–Crippen LogP) is 6.73. The molecule has 0 unspecified atom stereocenters. The lowest BCUT2D eigenvalue weighted by Crippen LogP contribution is -2.03. The van der Waals surface area contributed by atoms with Crippen LogP contribution in [0.5, 0.6) is 0 Å². The molecule has 27 heavy (non-hydrogen) atoms. The molecule has 1 aliphatic carbocycles. The molecule has 0 atom stereocenters. The molecule has 1 aliphatic rings. The number of fused-ring (bicyclic) bond motifs is 3. The van der Waals surface area contributed by atoms with Gasteiger partial charge < -0.3 is 4.57 Å². The van der Waals surface area contributed by atoms with E-state index in [1.54, 1.807) is 0 Å². The highest BCUT2D eigenvalue weighted by Crippen LogP contribution is 2.38. The Bertz CT molecular complexity index is 1180. The van der Waals surface area contributed by atoms with Crippen LogP contribution in [0.3, 0.4) is 0 Å². The van der Waals surface area contributed by atoms with Crippen LogP contribution in [0.2, 0.25) is 0 Å². The molecule has 0 fully saturated rings. The molecule has 0 saturated carbocycles. The summed E-state index contributed by atoms with van der Waals surface area (Å²) in [6, 6.07) is 26.4. The normalized spacial score (nSPS) is 13.5. The quantitative estimate of drug-likeness (QED) is 0.378. The maximum Gasteiger partial charge on any atom is 0.0537 e. The minimum atomic E-state index is 1.09. The summed E-state index contributed by atoms with van der Waals surface area (Å²) in [6.45, 7) is 4.38. The Labute approximate surface area is 160 Å².